The van der Waals surface area contributed by atoms with Crippen LogP contribution < -0.4 is 0 Å². The summed E-state index contributed by atoms with van der Waals surface area (Å²) in [5.74, 6) is 0. The molecule has 0 aromatic rings. The van der Waals surface area contributed by atoms with Crippen molar-refractivity contribution in [3.05, 3.63) is 0 Å². The van der Waals surface area contributed by atoms with Gasteiger partial charge in [0.1, 0.15) is 73.2 Å². The molecule has 8 heterocycles. The van der Waals surface area contributed by atoms with Gasteiger partial charge in [-0.2, -0.15) is 12.6 Å². The standard InChI is InChI=1S/C12H18O6S2.C8H12O4S.C6H10O3S/c13-5-1-15-11-7(3-17-9(5)11)19-20-8-4-18-10-6(14)2-16-12(8)10;1-4(9)13-6-3-12-7-5(10)2-11-8(6)7;7-3-1-8-6-4(10)2-9-5(3)6/h5-14H,1-4H2;5-8,10H,2-3H2,1H3;3-7,10H,1-2H2/t5-,6-,7+,8+,9?,10?,11?,12?;5-,6+,7?,8?;3-,4+,5?,6?/m111/s1. The first-order valence-corrected chi connectivity index (χ1v) is 18.2. The average Bonchev–Trinajstić information content (AvgIpc) is 3.81. The summed E-state index contributed by atoms with van der Waals surface area (Å²) in [6.07, 6.45) is -2.79. The lowest BCUT2D eigenvalue weighted by Gasteiger charge is -2.19. The van der Waals surface area contributed by atoms with Gasteiger partial charge >= 0.3 is 0 Å². The van der Waals surface area contributed by atoms with Crippen LogP contribution in [0.1, 0.15) is 6.92 Å². The molecule has 8 saturated heterocycles. The summed E-state index contributed by atoms with van der Waals surface area (Å²) < 4.78 is 43.6. The summed E-state index contributed by atoms with van der Waals surface area (Å²) in [5, 5.41) is 38.8. The van der Waals surface area contributed by atoms with Gasteiger partial charge in [0, 0.05) is 6.92 Å². The molecule has 0 aromatic heterocycles. The maximum atomic E-state index is 10.9. The molecule has 8 unspecified atom stereocenters. The molecule has 0 aromatic carbocycles. The molecule has 0 saturated carbocycles. The van der Waals surface area contributed by atoms with Gasteiger partial charge in [-0.1, -0.05) is 33.3 Å². The molecule has 0 radical (unpaired) electrons. The molecule has 8 rings (SSSR count). The molecule has 0 amide bonds. The van der Waals surface area contributed by atoms with E-state index in [1.165, 1.54) is 18.7 Å². The zero-order valence-corrected chi connectivity index (χ0v) is 26.9. The zero-order chi connectivity index (χ0) is 30.2. The fourth-order valence-corrected chi connectivity index (χ4v) is 10.8. The number of carbonyl (C=O) groups excluding carboxylic acids is 1. The Labute approximate surface area is 267 Å². The minimum absolute atomic E-state index is 0.0123. The number of hydrogen-bond acceptors (Lipinski definition) is 17. The number of rotatable bonds is 4. The third-order valence-electron chi connectivity index (χ3n) is 8.57. The molecule has 43 heavy (non-hydrogen) atoms. The van der Waals surface area contributed by atoms with Crippen LogP contribution in [0.25, 0.3) is 0 Å². The van der Waals surface area contributed by atoms with E-state index < -0.39 is 24.4 Å². The first-order valence-electron chi connectivity index (χ1n) is 14.5. The van der Waals surface area contributed by atoms with Gasteiger partial charge in [0.2, 0.25) is 0 Å². The monoisotopic (exact) mass is 688 g/mol. The van der Waals surface area contributed by atoms with Crippen LogP contribution in [0.4, 0.5) is 0 Å². The summed E-state index contributed by atoms with van der Waals surface area (Å²) in [4.78, 5) is 10.9. The van der Waals surface area contributed by atoms with Gasteiger partial charge in [-0.3, -0.25) is 4.79 Å². The molecule has 0 aliphatic carbocycles. The number of aliphatic hydroxyl groups excluding tert-OH is 4. The normalized spacial score (nSPS) is 50.8. The van der Waals surface area contributed by atoms with Crippen molar-refractivity contribution in [3.63, 3.8) is 0 Å². The smallest absolute Gasteiger partial charge is 0.186 e. The largest absolute Gasteiger partial charge is 0.388 e. The van der Waals surface area contributed by atoms with E-state index in [0.717, 1.165) is 0 Å². The predicted molar refractivity (Wildman–Crippen MR) is 160 cm³/mol. The first kappa shape index (κ1) is 33.5. The third-order valence-corrected chi connectivity index (χ3v) is 13.3. The second-order valence-electron chi connectivity index (χ2n) is 11.6. The maximum absolute atomic E-state index is 10.9. The van der Waals surface area contributed by atoms with Crippen molar-refractivity contribution in [2.24, 2.45) is 0 Å². The molecule has 0 spiro atoms. The second kappa shape index (κ2) is 14.8. The number of hydrogen-bond donors (Lipinski definition) is 5. The van der Waals surface area contributed by atoms with E-state index in [9.17, 15) is 25.2 Å². The number of thiol groups is 1. The van der Waals surface area contributed by atoms with Crippen LogP contribution in [0.3, 0.4) is 0 Å². The molecule has 0 bridgehead atoms. The SMILES string of the molecule is CC(=O)S[C@H]1COC2C1OC[C@H]2O.O[C@@H]1COC2C1OC[C@@H]2S.O[C@@H]1COC2C1OC[C@@H]2SS[C@H]1COC2C1OC[C@H]2O. The highest BCUT2D eigenvalue weighted by Gasteiger charge is 2.51. The molecule has 16 atom stereocenters. The number of thioether (sulfide) groups is 1. The Bertz CT molecular complexity index is 905. The quantitative estimate of drug-likeness (QED) is 0.173. The van der Waals surface area contributed by atoms with Crippen molar-refractivity contribution in [1.82, 2.24) is 0 Å². The Morgan fingerprint density at radius 2 is 0.837 bits per heavy atom. The van der Waals surface area contributed by atoms with Gasteiger partial charge < -0.3 is 58.3 Å². The minimum Gasteiger partial charge on any atom is -0.388 e. The molecule has 13 nitrogen and oxygen atoms in total. The average molecular weight is 689 g/mol. The van der Waals surface area contributed by atoms with Crippen molar-refractivity contribution in [1.29, 1.82) is 0 Å². The zero-order valence-electron chi connectivity index (χ0n) is 23.5. The summed E-state index contributed by atoms with van der Waals surface area (Å²) in [6, 6.07) is 0. The van der Waals surface area contributed by atoms with Crippen LogP contribution in [-0.4, -0.2) is 173 Å². The fourth-order valence-electron chi connectivity index (χ4n) is 6.41. The second-order valence-corrected chi connectivity index (χ2v) is 16.5. The highest BCUT2D eigenvalue weighted by molar-refractivity contribution is 8.77. The van der Waals surface area contributed by atoms with Crippen molar-refractivity contribution >= 4 is 51.1 Å². The lowest BCUT2D eigenvalue weighted by atomic mass is 10.1. The van der Waals surface area contributed by atoms with Crippen LogP contribution >= 0.6 is 46.0 Å². The molecule has 4 N–H and O–H groups in total. The van der Waals surface area contributed by atoms with Gasteiger partial charge in [0.25, 0.3) is 0 Å². The van der Waals surface area contributed by atoms with Crippen molar-refractivity contribution < 1.29 is 63.1 Å². The maximum Gasteiger partial charge on any atom is 0.186 e. The summed E-state index contributed by atoms with van der Waals surface area (Å²) in [6.45, 7) is 5.28. The topological polar surface area (TPSA) is 172 Å². The van der Waals surface area contributed by atoms with E-state index in [-0.39, 0.29) is 74.9 Å². The van der Waals surface area contributed by atoms with Crippen molar-refractivity contribution in [2.75, 3.05) is 52.9 Å². The Balaban J connectivity index is 0.000000123. The number of fused-ring (bicyclic) bond motifs is 4. The summed E-state index contributed by atoms with van der Waals surface area (Å²) in [7, 11) is 3.45. The van der Waals surface area contributed by atoms with Gasteiger partial charge in [0.05, 0.1) is 73.9 Å². The molecule has 17 heteroatoms. The molecule has 246 valence electrons. The van der Waals surface area contributed by atoms with E-state index in [1.807, 2.05) is 0 Å². The molecular formula is C26H40O13S4. The lowest BCUT2D eigenvalue weighted by molar-refractivity contribution is -0.109. The molecular weight excluding hydrogens is 649 g/mol. The van der Waals surface area contributed by atoms with Gasteiger partial charge in [0.15, 0.2) is 5.12 Å². The molecule has 8 aliphatic heterocycles. The Hall–Kier alpha value is 0.590. The van der Waals surface area contributed by atoms with Crippen LogP contribution in [0, 0.1) is 0 Å². The third kappa shape index (κ3) is 7.37. The van der Waals surface area contributed by atoms with Gasteiger partial charge in [-0.15, -0.1) is 0 Å². The van der Waals surface area contributed by atoms with Gasteiger partial charge in [-0.05, 0) is 0 Å². The van der Waals surface area contributed by atoms with E-state index in [0.29, 0.717) is 52.9 Å². The lowest BCUT2D eigenvalue weighted by Crippen LogP contribution is -2.31. The van der Waals surface area contributed by atoms with E-state index >= 15 is 0 Å². The van der Waals surface area contributed by atoms with Crippen LogP contribution in [-0.2, 0) is 42.7 Å². The summed E-state index contributed by atoms with van der Waals surface area (Å²) in [5.41, 5.74) is 0. The minimum atomic E-state index is -0.525. The number of ether oxygens (including phenoxy) is 8. The highest BCUT2D eigenvalue weighted by atomic mass is 33.1. The predicted octanol–water partition coefficient (Wildman–Crippen LogP) is -1.34. The van der Waals surface area contributed by atoms with E-state index in [1.54, 1.807) is 21.6 Å². The highest BCUT2D eigenvalue weighted by Crippen LogP contribution is 2.45. The van der Waals surface area contributed by atoms with E-state index in [2.05, 4.69) is 12.6 Å². The van der Waals surface area contributed by atoms with Crippen molar-refractivity contribution in [2.45, 2.75) is 101 Å². The number of carbonyl (C=O) groups is 1. The van der Waals surface area contributed by atoms with Gasteiger partial charge in [-0.25, -0.2) is 0 Å². The van der Waals surface area contributed by atoms with Crippen LogP contribution in [0.2, 0.25) is 0 Å². The molecule has 8 aliphatic rings. The Morgan fingerprint density at radius 1 is 0.512 bits per heavy atom. The summed E-state index contributed by atoms with van der Waals surface area (Å²) >= 11 is 5.49. The molecule has 8 fully saturated rings. The van der Waals surface area contributed by atoms with Crippen molar-refractivity contribution in [3.8, 4) is 0 Å². The Kier molecular flexibility index (Phi) is 11.5. The Morgan fingerprint density at radius 3 is 1.26 bits per heavy atom. The van der Waals surface area contributed by atoms with Crippen LogP contribution in [0.5, 0.6) is 0 Å². The first-order chi connectivity index (χ1) is 20.7. The van der Waals surface area contributed by atoms with Crippen LogP contribution in [0.15, 0.2) is 0 Å². The van der Waals surface area contributed by atoms with E-state index in [4.69, 9.17) is 37.9 Å². The number of aliphatic hydroxyl groups is 4. The fraction of sp³-hybridized carbons (Fsp3) is 0.962.